The Morgan fingerprint density at radius 1 is 0.889 bits per heavy atom. The van der Waals surface area contributed by atoms with Gasteiger partial charge in [0.15, 0.2) is 0 Å². The van der Waals surface area contributed by atoms with E-state index in [1.54, 1.807) is 7.11 Å². The van der Waals surface area contributed by atoms with E-state index in [1.165, 1.54) is 66.9 Å². The normalized spacial score (nSPS) is 14.6. The summed E-state index contributed by atoms with van der Waals surface area (Å²) in [4.78, 5) is 9.80. The van der Waals surface area contributed by atoms with Crippen molar-refractivity contribution in [3.63, 3.8) is 0 Å². The minimum Gasteiger partial charge on any atom is -0.379 e. The third-order valence-corrected chi connectivity index (χ3v) is 7.63. The fourth-order valence-corrected chi connectivity index (χ4v) is 5.03. The van der Waals surface area contributed by atoms with Crippen LogP contribution in [-0.2, 0) is 29.5 Å². The van der Waals surface area contributed by atoms with Crippen LogP contribution in [0.1, 0.15) is 69.8 Å². The van der Waals surface area contributed by atoms with Crippen LogP contribution in [0.25, 0.3) is 0 Å². The molecular weight excluding hydrogens is 590 g/mol. The molecule has 0 saturated carbocycles. The lowest BCUT2D eigenvalue weighted by Gasteiger charge is -2.24. The molecule has 0 fully saturated rings. The summed E-state index contributed by atoms with van der Waals surface area (Å²) in [5.41, 5.74) is 1.46. The van der Waals surface area contributed by atoms with Gasteiger partial charge >= 0.3 is 7.82 Å². The van der Waals surface area contributed by atoms with Crippen LogP contribution in [-0.4, -0.2) is 76.7 Å². The van der Waals surface area contributed by atoms with E-state index in [9.17, 15) is 9.46 Å². The average molecular weight is 641 g/mol. The molecule has 0 radical (unpaired) electrons. The number of aryl methyl sites for hydroxylation is 1. The lowest BCUT2D eigenvalue weighted by molar-refractivity contribution is -0.870. The van der Waals surface area contributed by atoms with Gasteiger partial charge < -0.3 is 18.9 Å². The largest absolute Gasteiger partial charge is 0.472 e. The molecule has 9 heteroatoms. The average Bonchev–Trinajstić information content (AvgIpc) is 2.80. The monoisotopic (exact) mass is 640 g/mol. The summed E-state index contributed by atoms with van der Waals surface area (Å²) in [6, 6.07) is 8.82. The maximum atomic E-state index is 12.0. The van der Waals surface area contributed by atoms with Gasteiger partial charge in [0.05, 0.1) is 34.4 Å². The maximum Gasteiger partial charge on any atom is 0.472 e. The van der Waals surface area contributed by atoms with Gasteiger partial charge in [-0.3, -0.25) is 9.05 Å². The zero-order chi connectivity index (χ0) is 26.7. The number of halogens is 1. The molecule has 2 atom stereocenters. The van der Waals surface area contributed by atoms with E-state index < -0.39 is 13.9 Å². The van der Waals surface area contributed by atoms with Crippen molar-refractivity contribution < 1.29 is 32.5 Å². The van der Waals surface area contributed by atoms with Crippen LogP contribution in [0.4, 0.5) is 0 Å². The summed E-state index contributed by atoms with van der Waals surface area (Å²) in [6.45, 7) is 1.72. The number of hydrogen-bond donors (Lipinski definition) is 1. The van der Waals surface area contributed by atoms with Crippen molar-refractivity contribution in [2.75, 3.05) is 61.2 Å². The first-order chi connectivity index (χ1) is 17.1. The summed E-state index contributed by atoms with van der Waals surface area (Å²) in [6.07, 6.45) is 13.5. The van der Waals surface area contributed by atoms with E-state index in [-0.39, 0.29) is 13.2 Å². The molecule has 0 aliphatic rings. The van der Waals surface area contributed by atoms with Gasteiger partial charge in [-0.25, -0.2) is 4.57 Å². The van der Waals surface area contributed by atoms with Crippen molar-refractivity contribution in [1.29, 1.82) is 0 Å². The minimum atomic E-state index is -4.08. The molecule has 1 rings (SSSR count). The van der Waals surface area contributed by atoms with Crippen molar-refractivity contribution in [3.8, 4) is 0 Å². The van der Waals surface area contributed by atoms with Crippen molar-refractivity contribution >= 4 is 30.4 Å². The number of rotatable bonds is 23. The second-order valence-corrected chi connectivity index (χ2v) is 13.2. The molecule has 0 bridgehead atoms. The van der Waals surface area contributed by atoms with E-state index >= 15 is 0 Å². The van der Waals surface area contributed by atoms with Crippen LogP contribution in [0.5, 0.6) is 0 Å². The quantitative estimate of drug-likeness (QED) is 0.0629. The summed E-state index contributed by atoms with van der Waals surface area (Å²) in [7, 11) is 3.43. The van der Waals surface area contributed by atoms with Gasteiger partial charge in [0.25, 0.3) is 0 Å². The summed E-state index contributed by atoms with van der Waals surface area (Å²) >= 11 is 2.38. The highest BCUT2D eigenvalue weighted by Crippen LogP contribution is 2.43. The number of phosphoric ester groups is 1. The number of phosphoric acid groups is 1. The second-order valence-electron chi connectivity index (χ2n) is 10.5. The van der Waals surface area contributed by atoms with Crippen molar-refractivity contribution in [1.82, 2.24) is 0 Å². The molecule has 0 heterocycles. The number of methoxy groups -OCH3 is 1. The zero-order valence-electron chi connectivity index (χ0n) is 23.0. The summed E-state index contributed by atoms with van der Waals surface area (Å²) in [5.74, 6) is 0. The number of nitrogens with zero attached hydrogens (tertiary/aromatic N) is 1. The lowest BCUT2D eigenvalue weighted by Crippen LogP contribution is -2.37. The third-order valence-electron chi connectivity index (χ3n) is 5.97. The Labute approximate surface area is 233 Å². The molecular formula is C27H50INO6P+. The molecule has 0 aromatic heterocycles. The lowest BCUT2D eigenvalue weighted by atomic mass is 10.0. The van der Waals surface area contributed by atoms with Gasteiger partial charge in [-0.15, -0.1) is 0 Å². The fourth-order valence-electron chi connectivity index (χ4n) is 3.68. The van der Waals surface area contributed by atoms with E-state index in [0.29, 0.717) is 24.2 Å². The van der Waals surface area contributed by atoms with E-state index in [1.807, 2.05) is 21.1 Å². The van der Waals surface area contributed by atoms with Gasteiger partial charge in [0, 0.05) is 17.3 Å². The van der Waals surface area contributed by atoms with Gasteiger partial charge in [-0.05, 0) is 59.5 Å². The van der Waals surface area contributed by atoms with E-state index in [2.05, 4.69) is 46.9 Å². The Morgan fingerprint density at radius 2 is 1.50 bits per heavy atom. The van der Waals surface area contributed by atoms with Gasteiger partial charge in [0.2, 0.25) is 0 Å². The van der Waals surface area contributed by atoms with Crippen molar-refractivity contribution in [3.05, 3.63) is 33.4 Å². The topological polar surface area (TPSA) is 74.2 Å². The highest BCUT2D eigenvalue weighted by atomic mass is 125. The second kappa shape index (κ2) is 19.9. The van der Waals surface area contributed by atoms with Crippen molar-refractivity contribution in [2.45, 2.75) is 76.7 Å². The van der Waals surface area contributed by atoms with E-state index in [0.717, 1.165) is 12.8 Å². The van der Waals surface area contributed by atoms with Gasteiger partial charge in [-0.1, -0.05) is 63.5 Å². The molecule has 210 valence electrons. The third kappa shape index (κ3) is 20.0. The van der Waals surface area contributed by atoms with Crippen LogP contribution < -0.4 is 0 Å². The van der Waals surface area contributed by atoms with E-state index in [4.69, 9.17) is 18.5 Å². The number of likely N-dealkylation sites (N-methyl/N-ethyl adjacent to an activating group) is 1. The summed E-state index contributed by atoms with van der Waals surface area (Å²) < 4.78 is 35.0. The van der Waals surface area contributed by atoms with Crippen LogP contribution in [0.2, 0.25) is 0 Å². The molecule has 1 N–H and O–H groups in total. The molecule has 7 nitrogen and oxygen atoms in total. The molecule has 0 saturated heterocycles. The highest BCUT2D eigenvalue weighted by molar-refractivity contribution is 14.1. The Kier molecular flexibility index (Phi) is 18.8. The fraction of sp³-hybridized carbons (Fsp3) is 0.778. The van der Waals surface area contributed by atoms with Crippen LogP contribution in [0.3, 0.4) is 0 Å². The molecule has 0 aliphatic carbocycles. The minimum absolute atomic E-state index is 0.0414. The first-order valence-corrected chi connectivity index (χ1v) is 16.0. The number of quaternary nitrogens is 1. The number of benzene rings is 1. The van der Waals surface area contributed by atoms with Crippen LogP contribution >= 0.6 is 30.4 Å². The smallest absolute Gasteiger partial charge is 0.379 e. The number of unbranched alkanes of at least 4 members (excludes halogenated alkanes) is 9. The molecule has 1 aromatic carbocycles. The SMILES string of the molecule is COC(COCCCCCCCCCCCCc1cccc([125I])c1)COP(=O)(O)OCC[N+](C)(C)C. The molecule has 2 unspecified atom stereocenters. The van der Waals surface area contributed by atoms with Crippen LogP contribution in [0.15, 0.2) is 24.3 Å². The first kappa shape index (κ1) is 34.0. The van der Waals surface area contributed by atoms with Gasteiger partial charge in [-0.2, -0.15) is 0 Å². The summed E-state index contributed by atoms with van der Waals surface area (Å²) in [5, 5.41) is 0. The zero-order valence-corrected chi connectivity index (χ0v) is 26.0. The molecule has 0 amide bonds. The predicted molar refractivity (Wildman–Crippen MR) is 155 cm³/mol. The Morgan fingerprint density at radius 3 is 2.08 bits per heavy atom. The highest BCUT2D eigenvalue weighted by Gasteiger charge is 2.24. The standard InChI is InChI=1S/C27H49INO6P/c1-29(2,3)19-21-34-36(30,31)35-24-27(32-4)23-33-20-14-12-10-8-6-5-7-9-11-13-16-25-17-15-18-26(28)22-25/h15,17-18,22,27H,5-14,16,19-21,23-24H2,1-4H3/p+1/i28-2. The Hall–Kier alpha value is -0.0600. The molecule has 1 aromatic rings. The molecule has 0 aliphatic heterocycles. The Bertz CT molecular complexity index is 730. The number of ether oxygens (including phenoxy) is 2. The van der Waals surface area contributed by atoms with Crippen molar-refractivity contribution in [2.24, 2.45) is 0 Å². The maximum absolute atomic E-state index is 12.0. The van der Waals surface area contributed by atoms with Crippen LogP contribution in [0, 0.1) is 3.57 Å². The predicted octanol–water partition coefficient (Wildman–Crippen LogP) is 6.61. The van der Waals surface area contributed by atoms with Gasteiger partial charge in [0.1, 0.15) is 19.3 Å². The Balaban J connectivity index is 1.92. The molecule has 36 heavy (non-hydrogen) atoms. The number of hydrogen-bond acceptors (Lipinski definition) is 5. The first-order valence-electron chi connectivity index (χ1n) is 13.4. The molecule has 0 spiro atoms.